The van der Waals surface area contributed by atoms with Crippen LogP contribution in [0.5, 0.6) is 0 Å². The molecule has 0 radical (unpaired) electrons. The summed E-state index contributed by atoms with van der Waals surface area (Å²) in [4.78, 5) is 17.3. The summed E-state index contributed by atoms with van der Waals surface area (Å²) < 4.78 is 6.10. The molecular formula is C18H10Cl3N3O2S. The van der Waals surface area contributed by atoms with E-state index in [1.807, 2.05) is 0 Å². The Balaban J connectivity index is 1.73. The van der Waals surface area contributed by atoms with E-state index in [-0.39, 0.29) is 11.3 Å². The minimum Gasteiger partial charge on any atom is -0.360 e. The van der Waals surface area contributed by atoms with E-state index >= 15 is 0 Å². The van der Waals surface area contributed by atoms with Gasteiger partial charge in [-0.15, -0.1) is 0 Å². The molecule has 0 saturated heterocycles. The third kappa shape index (κ3) is 3.41. The van der Waals surface area contributed by atoms with Crippen LogP contribution in [0.4, 0.5) is 5.13 Å². The van der Waals surface area contributed by atoms with Gasteiger partial charge in [0.1, 0.15) is 17.0 Å². The maximum atomic E-state index is 12.9. The molecule has 27 heavy (non-hydrogen) atoms. The molecule has 2 heterocycles. The first-order valence-electron chi connectivity index (χ1n) is 7.72. The van der Waals surface area contributed by atoms with E-state index in [9.17, 15) is 4.79 Å². The molecule has 0 spiro atoms. The number of nitrogens with one attached hydrogen (secondary N) is 1. The zero-order valence-electron chi connectivity index (χ0n) is 13.7. The molecule has 0 aliphatic rings. The molecule has 0 aliphatic heterocycles. The minimum atomic E-state index is -0.412. The van der Waals surface area contributed by atoms with E-state index in [2.05, 4.69) is 15.5 Å². The van der Waals surface area contributed by atoms with Gasteiger partial charge in [0.05, 0.1) is 20.3 Å². The van der Waals surface area contributed by atoms with Crippen LogP contribution >= 0.6 is 46.1 Å². The fourth-order valence-electron chi connectivity index (χ4n) is 2.65. The van der Waals surface area contributed by atoms with Crippen molar-refractivity contribution in [3.63, 3.8) is 0 Å². The number of aryl methyl sites for hydroxylation is 1. The van der Waals surface area contributed by atoms with Gasteiger partial charge in [-0.3, -0.25) is 10.1 Å². The highest BCUT2D eigenvalue weighted by molar-refractivity contribution is 7.22. The van der Waals surface area contributed by atoms with E-state index in [1.165, 1.54) is 11.3 Å². The van der Waals surface area contributed by atoms with Crippen molar-refractivity contribution >= 4 is 67.4 Å². The zero-order chi connectivity index (χ0) is 19.1. The van der Waals surface area contributed by atoms with E-state index < -0.39 is 5.91 Å². The van der Waals surface area contributed by atoms with Gasteiger partial charge < -0.3 is 4.52 Å². The predicted molar refractivity (Wildman–Crippen MR) is 109 cm³/mol. The van der Waals surface area contributed by atoms with E-state index in [4.69, 9.17) is 39.3 Å². The molecule has 136 valence electrons. The Morgan fingerprint density at radius 3 is 2.63 bits per heavy atom. The average Bonchev–Trinajstić information content (AvgIpc) is 3.17. The molecule has 9 heteroatoms. The number of aromatic nitrogens is 2. The summed E-state index contributed by atoms with van der Waals surface area (Å²) >= 11 is 19.8. The number of rotatable bonds is 3. The Hall–Kier alpha value is -2.12. The lowest BCUT2D eigenvalue weighted by Gasteiger charge is -2.06. The van der Waals surface area contributed by atoms with Crippen molar-refractivity contribution in [3.8, 4) is 11.3 Å². The smallest absolute Gasteiger partial charge is 0.263 e. The molecule has 0 fully saturated rings. The van der Waals surface area contributed by atoms with Gasteiger partial charge in [-0.2, -0.15) is 0 Å². The Morgan fingerprint density at radius 2 is 1.89 bits per heavy atom. The van der Waals surface area contributed by atoms with Crippen LogP contribution < -0.4 is 5.32 Å². The summed E-state index contributed by atoms with van der Waals surface area (Å²) in [5, 5.41) is 8.56. The lowest BCUT2D eigenvalue weighted by atomic mass is 10.1. The number of hydrogen-bond acceptors (Lipinski definition) is 5. The molecular weight excluding hydrogens is 429 g/mol. The highest BCUT2D eigenvalue weighted by Gasteiger charge is 2.25. The van der Waals surface area contributed by atoms with Gasteiger partial charge in [0.2, 0.25) is 0 Å². The lowest BCUT2D eigenvalue weighted by Crippen LogP contribution is -2.13. The van der Waals surface area contributed by atoms with Crippen molar-refractivity contribution in [2.24, 2.45) is 0 Å². The third-order valence-electron chi connectivity index (χ3n) is 3.86. The SMILES string of the molecule is Cc1onc(-c2c(Cl)cccc2Cl)c1C(=O)Nc1nc2ccc(Cl)cc2s1. The van der Waals surface area contributed by atoms with E-state index in [0.717, 1.165) is 10.2 Å². The van der Waals surface area contributed by atoms with E-state index in [1.54, 1.807) is 43.3 Å². The number of carbonyl (C=O) groups is 1. The standard InChI is InChI=1S/C18H10Cl3N3O2S/c1-8-14(16(24-26-8)15-10(20)3-2-4-11(15)21)17(25)23-18-22-12-6-5-9(19)7-13(12)27-18/h2-7H,1H3,(H,22,23,25). The topological polar surface area (TPSA) is 68.0 Å². The molecule has 1 amide bonds. The highest BCUT2D eigenvalue weighted by atomic mass is 35.5. The van der Waals surface area contributed by atoms with Gasteiger partial charge in [0.15, 0.2) is 5.13 Å². The number of nitrogens with zero attached hydrogens (tertiary/aromatic N) is 2. The van der Waals surface area contributed by atoms with Crippen LogP contribution in [0, 0.1) is 6.92 Å². The van der Waals surface area contributed by atoms with Crippen LogP contribution in [0.25, 0.3) is 21.5 Å². The summed E-state index contributed by atoms with van der Waals surface area (Å²) in [5.74, 6) is -0.0625. The molecule has 1 N–H and O–H groups in total. The predicted octanol–water partition coefficient (Wildman–Crippen LogP) is 6.47. The molecule has 0 bridgehead atoms. The third-order valence-corrected chi connectivity index (χ3v) is 5.66. The second kappa shape index (κ2) is 7.13. The maximum Gasteiger partial charge on any atom is 0.263 e. The summed E-state index contributed by atoms with van der Waals surface area (Å²) in [6.07, 6.45) is 0. The number of thiazole rings is 1. The van der Waals surface area contributed by atoms with Crippen LogP contribution in [-0.4, -0.2) is 16.0 Å². The Kier molecular flexibility index (Phi) is 4.82. The first kappa shape index (κ1) is 18.3. The largest absolute Gasteiger partial charge is 0.360 e. The van der Waals surface area contributed by atoms with Crippen LogP contribution in [0.1, 0.15) is 16.1 Å². The van der Waals surface area contributed by atoms with E-state index in [0.29, 0.717) is 31.5 Å². The van der Waals surface area contributed by atoms with Crippen molar-refractivity contribution in [3.05, 3.63) is 62.8 Å². The zero-order valence-corrected chi connectivity index (χ0v) is 16.8. The van der Waals surface area contributed by atoms with Crippen LogP contribution in [0.2, 0.25) is 15.1 Å². The number of carbonyl (C=O) groups excluding carboxylic acids is 1. The number of halogens is 3. The van der Waals surface area contributed by atoms with Gasteiger partial charge in [-0.05, 0) is 37.3 Å². The summed E-state index contributed by atoms with van der Waals surface area (Å²) in [6, 6.07) is 10.4. The van der Waals surface area contributed by atoms with Gasteiger partial charge in [-0.25, -0.2) is 4.98 Å². The second-order valence-electron chi connectivity index (χ2n) is 5.64. The first-order valence-corrected chi connectivity index (χ1v) is 9.67. The minimum absolute atomic E-state index is 0.252. The molecule has 0 unspecified atom stereocenters. The number of fused-ring (bicyclic) bond motifs is 1. The molecule has 2 aromatic heterocycles. The monoisotopic (exact) mass is 437 g/mol. The number of benzene rings is 2. The molecule has 4 aromatic rings. The van der Waals surface area contributed by atoms with Crippen molar-refractivity contribution < 1.29 is 9.32 Å². The van der Waals surface area contributed by atoms with Crippen molar-refractivity contribution in [2.75, 3.05) is 5.32 Å². The van der Waals surface area contributed by atoms with Crippen molar-refractivity contribution in [1.29, 1.82) is 0 Å². The Morgan fingerprint density at radius 1 is 1.15 bits per heavy atom. The van der Waals surface area contributed by atoms with Gasteiger partial charge in [-0.1, -0.05) is 57.4 Å². The average molecular weight is 439 g/mol. The van der Waals surface area contributed by atoms with Crippen molar-refractivity contribution in [2.45, 2.75) is 6.92 Å². The molecule has 0 atom stereocenters. The van der Waals surface area contributed by atoms with Crippen molar-refractivity contribution in [1.82, 2.24) is 10.1 Å². The summed E-state index contributed by atoms with van der Waals surface area (Å²) in [5.41, 5.74) is 1.72. The first-order chi connectivity index (χ1) is 12.9. The second-order valence-corrected chi connectivity index (χ2v) is 7.93. The fraction of sp³-hybridized carbons (Fsp3) is 0.0556. The summed E-state index contributed by atoms with van der Waals surface area (Å²) in [6.45, 7) is 1.65. The number of anilines is 1. The quantitative estimate of drug-likeness (QED) is 0.398. The van der Waals surface area contributed by atoms with Gasteiger partial charge in [0.25, 0.3) is 5.91 Å². The lowest BCUT2D eigenvalue weighted by molar-refractivity contribution is 0.102. The molecule has 4 rings (SSSR count). The number of hydrogen-bond donors (Lipinski definition) is 1. The van der Waals surface area contributed by atoms with Crippen LogP contribution in [-0.2, 0) is 0 Å². The molecule has 0 aliphatic carbocycles. The van der Waals surface area contributed by atoms with Gasteiger partial charge >= 0.3 is 0 Å². The Labute approximate surface area is 172 Å². The fourth-order valence-corrected chi connectivity index (χ4v) is 4.36. The highest BCUT2D eigenvalue weighted by Crippen LogP contribution is 2.37. The molecule has 0 saturated carbocycles. The van der Waals surface area contributed by atoms with Crippen LogP contribution in [0.15, 0.2) is 40.9 Å². The van der Waals surface area contributed by atoms with Crippen LogP contribution in [0.3, 0.4) is 0 Å². The molecule has 5 nitrogen and oxygen atoms in total. The summed E-state index contributed by atoms with van der Waals surface area (Å²) in [7, 11) is 0. The Bertz CT molecular complexity index is 1170. The normalized spacial score (nSPS) is 11.1. The molecule has 2 aromatic carbocycles. The number of amides is 1. The van der Waals surface area contributed by atoms with Gasteiger partial charge in [0, 0.05) is 10.6 Å². The maximum absolute atomic E-state index is 12.9.